The SMILES string of the molecule is C=C(CN)CN1CCCC1CC. The summed E-state index contributed by atoms with van der Waals surface area (Å²) in [4.78, 5) is 2.51. The molecule has 2 N–H and O–H groups in total. The van der Waals surface area contributed by atoms with Crippen LogP contribution in [-0.4, -0.2) is 30.6 Å². The van der Waals surface area contributed by atoms with Crippen molar-refractivity contribution in [1.82, 2.24) is 4.90 Å². The molecule has 1 heterocycles. The van der Waals surface area contributed by atoms with Gasteiger partial charge in [-0.1, -0.05) is 13.5 Å². The van der Waals surface area contributed by atoms with Crippen LogP contribution in [0.2, 0.25) is 0 Å². The summed E-state index contributed by atoms with van der Waals surface area (Å²) in [5.41, 5.74) is 6.67. The van der Waals surface area contributed by atoms with E-state index in [1.54, 1.807) is 0 Å². The van der Waals surface area contributed by atoms with Crippen molar-refractivity contribution < 1.29 is 0 Å². The van der Waals surface area contributed by atoms with Crippen molar-refractivity contribution in [3.63, 3.8) is 0 Å². The Morgan fingerprint density at radius 1 is 1.67 bits per heavy atom. The van der Waals surface area contributed by atoms with E-state index in [4.69, 9.17) is 5.73 Å². The third-order valence-corrected chi connectivity index (χ3v) is 2.69. The number of likely N-dealkylation sites (tertiary alicyclic amines) is 1. The number of hydrogen-bond donors (Lipinski definition) is 1. The van der Waals surface area contributed by atoms with Gasteiger partial charge in [-0.2, -0.15) is 0 Å². The van der Waals surface area contributed by atoms with Crippen molar-refractivity contribution in [3.8, 4) is 0 Å². The highest BCUT2D eigenvalue weighted by molar-refractivity contribution is 5.00. The second kappa shape index (κ2) is 4.63. The second-order valence-corrected chi connectivity index (χ2v) is 3.63. The van der Waals surface area contributed by atoms with Crippen LogP contribution < -0.4 is 5.73 Å². The van der Waals surface area contributed by atoms with Crippen LogP contribution in [0.4, 0.5) is 0 Å². The summed E-state index contributed by atoms with van der Waals surface area (Å²) in [5, 5.41) is 0. The van der Waals surface area contributed by atoms with Crippen molar-refractivity contribution in [3.05, 3.63) is 12.2 Å². The zero-order chi connectivity index (χ0) is 8.97. The fourth-order valence-electron chi connectivity index (χ4n) is 1.92. The molecule has 0 aromatic carbocycles. The molecule has 1 fully saturated rings. The van der Waals surface area contributed by atoms with E-state index in [0.29, 0.717) is 6.54 Å². The standard InChI is InChI=1S/C10H20N2/c1-3-10-5-4-6-12(10)8-9(2)7-11/h10H,2-8,11H2,1H3. The molecule has 1 saturated heterocycles. The van der Waals surface area contributed by atoms with Gasteiger partial charge >= 0.3 is 0 Å². The van der Waals surface area contributed by atoms with E-state index in [-0.39, 0.29) is 0 Å². The first-order chi connectivity index (χ1) is 5.77. The monoisotopic (exact) mass is 168 g/mol. The average Bonchev–Trinajstić information content (AvgIpc) is 2.51. The maximum absolute atomic E-state index is 5.51. The Bertz CT molecular complexity index is 154. The first-order valence-corrected chi connectivity index (χ1v) is 4.88. The van der Waals surface area contributed by atoms with Gasteiger partial charge in [0.05, 0.1) is 0 Å². The molecule has 0 radical (unpaired) electrons. The minimum atomic E-state index is 0.632. The molecule has 1 unspecified atom stereocenters. The van der Waals surface area contributed by atoms with Gasteiger partial charge in [-0.25, -0.2) is 0 Å². The van der Waals surface area contributed by atoms with E-state index in [9.17, 15) is 0 Å². The number of nitrogens with zero attached hydrogens (tertiary/aromatic N) is 1. The highest BCUT2D eigenvalue weighted by Gasteiger charge is 2.22. The molecule has 70 valence electrons. The van der Waals surface area contributed by atoms with Gasteiger partial charge in [-0.3, -0.25) is 4.90 Å². The summed E-state index contributed by atoms with van der Waals surface area (Å²) in [7, 11) is 0. The van der Waals surface area contributed by atoms with Crippen molar-refractivity contribution in [2.75, 3.05) is 19.6 Å². The Labute approximate surface area is 75.4 Å². The topological polar surface area (TPSA) is 29.3 Å². The molecule has 1 rings (SSSR count). The van der Waals surface area contributed by atoms with Crippen LogP contribution in [0, 0.1) is 0 Å². The molecule has 0 spiro atoms. The van der Waals surface area contributed by atoms with Crippen LogP contribution >= 0.6 is 0 Å². The number of rotatable bonds is 4. The fourth-order valence-corrected chi connectivity index (χ4v) is 1.92. The quantitative estimate of drug-likeness (QED) is 0.642. The summed E-state index contributed by atoms with van der Waals surface area (Å²) in [6, 6.07) is 0.785. The van der Waals surface area contributed by atoms with E-state index in [1.807, 2.05) is 0 Å². The first kappa shape index (κ1) is 9.75. The molecule has 0 bridgehead atoms. The van der Waals surface area contributed by atoms with Crippen LogP contribution in [0.15, 0.2) is 12.2 Å². The van der Waals surface area contributed by atoms with Crippen LogP contribution in [0.25, 0.3) is 0 Å². The lowest BCUT2D eigenvalue weighted by Crippen LogP contribution is -2.31. The minimum absolute atomic E-state index is 0.632. The summed E-state index contributed by atoms with van der Waals surface area (Å²) >= 11 is 0. The molecule has 0 aliphatic carbocycles. The lowest BCUT2D eigenvalue weighted by Gasteiger charge is -2.23. The molecule has 12 heavy (non-hydrogen) atoms. The molecule has 0 aromatic heterocycles. The van der Waals surface area contributed by atoms with Gasteiger partial charge in [0.1, 0.15) is 0 Å². The van der Waals surface area contributed by atoms with Crippen LogP contribution in [0.3, 0.4) is 0 Å². The van der Waals surface area contributed by atoms with Crippen LogP contribution in [0.1, 0.15) is 26.2 Å². The maximum atomic E-state index is 5.51. The molecule has 2 heteroatoms. The smallest absolute Gasteiger partial charge is 0.0205 e. The Morgan fingerprint density at radius 3 is 3.00 bits per heavy atom. The molecule has 1 atom stereocenters. The molecule has 1 aliphatic rings. The third kappa shape index (κ3) is 2.32. The Kier molecular flexibility index (Phi) is 3.76. The van der Waals surface area contributed by atoms with E-state index >= 15 is 0 Å². The maximum Gasteiger partial charge on any atom is 0.0205 e. The van der Waals surface area contributed by atoms with Crippen LogP contribution in [0.5, 0.6) is 0 Å². The van der Waals surface area contributed by atoms with Gasteiger partial charge in [0.25, 0.3) is 0 Å². The minimum Gasteiger partial charge on any atom is -0.327 e. The predicted octanol–water partition coefficient (Wildman–Crippen LogP) is 1.38. The predicted molar refractivity (Wildman–Crippen MR) is 53.1 cm³/mol. The summed E-state index contributed by atoms with van der Waals surface area (Å²) in [6.07, 6.45) is 3.96. The van der Waals surface area contributed by atoms with E-state index < -0.39 is 0 Å². The van der Waals surface area contributed by atoms with Gasteiger partial charge in [0.2, 0.25) is 0 Å². The normalized spacial score (nSPS) is 24.7. The lowest BCUT2D eigenvalue weighted by molar-refractivity contribution is 0.268. The van der Waals surface area contributed by atoms with Gasteiger partial charge < -0.3 is 5.73 Å². The molecule has 0 saturated carbocycles. The largest absolute Gasteiger partial charge is 0.327 e. The Balaban J connectivity index is 2.35. The third-order valence-electron chi connectivity index (χ3n) is 2.69. The Morgan fingerprint density at radius 2 is 2.42 bits per heavy atom. The zero-order valence-corrected chi connectivity index (χ0v) is 8.05. The van der Waals surface area contributed by atoms with Crippen molar-refractivity contribution in [2.24, 2.45) is 5.73 Å². The zero-order valence-electron chi connectivity index (χ0n) is 8.05. The molecule has 0 amide bonds. The summed E-state index contributed by atoms with van der Waals surface area (Å²) in [6.45, 7) is 9.07. The highest BCUT2D eigenvalue weighted by atomic mass is 15.2. The molecular weight excluding hydrogens is 148 g/mol. The average molecular weight is 168 g/mol. The number of nitrogens with two attached hydrogens (primary N) is 1. The first-order valence-electron chi connectivity index (χ1n) is 4.88. The van der Waals surface area contributed by atoms with Crippen molar-refractivity contribution >= 4 is 0 Å². The lowest BCUT2D eigenvalue weighted by atomic mass is 10.1. The van der Waals surface area contributed by atoms with Gasteiger partial charge in [0, 0.05) is 19.1 Å². The highest BCUT2D eigenvalue weighted by Crippen LogP contribution is 2.20. The Hall–Kier alpha value is -0.340. The van der Waals surface area contributed by atoms with Gasteiger partial charge in [-0.05, 0) is 31.4 Å². The molecule has 0 aromatic rings. The molecule has 2 nitrogen and oxygen atoms in total. The van der Waals surface area contributed by atoms with E-state index in [0.717, 1.165) is 18.2 Å². The molecular formula is C10H20N2. The van der Waals surface area contributed by atoms with E-state index in [2.05, 4.69) is 18.4 Å². The van der Waals surface area contributed by atoms with Crippen molar-refractivity contribution in [1.29, 1.82) is 0 Å². The fraction of sp³-hybridized carbons (Fsp3) is 0.800. The van der Waals surface area contributed by atoms with E-state index in [1.165, 1.54) is 25.8 Å². The van der Waals surface area contributed by atoms with Crippen molar-refractivity contribution in [2.45, 2.75) is 32.2 Å². The van der Waals surface area contributed by atoms with Crippen LogP contribution in [-0.2, 0) is 0 Å². The number of hydrogen-bond acceptors (Lipinski definition) is 2. The second-order valence-electron chi connectivity index (χ2n) is 3.63. The van der Waals surface area contributed by atoms with Gasteiger partial charge in [-0.15, -0.1) is 0 Å². The van der Waals surface area contributed by atoms with Gasteiger partial charge in [0.15, 0.2) is 0 Å². The summed E-state index contributed by atoms with van der Waals surface area (Å²) < 4.78 is 0. The molecule has 1 aliphatic heterocycles. The summed E-state index contributed by atoms with van der Waals surface area (Å²) in [5.74, 6) is 0.